The Morgan fingerprint density at radius 3 is 1.27 bits per heavy atom. The first-order chi connectivity index (χ1) is 11.3. The third-order valence-corrected chi connectivity index (χ3v) is 4.92. The van der Waals surface area contributed by atoms with Gasteiger partial charge in [0.25, 0.3) is 0 Å². The van der Waals surface area contributed by atoms with E-state index in [0.717, 1.165) is 13.8 Å². The fraction of sp³-hybridized carbons (Fsp3) is 0.750. The molecule has 6 atom stereocenters. The van der Waals surface area contributed by atoms with Crippen LogP contribution < -0.4 is 0 Å². The molecule has 0 aromatic carbocycles. The van der Waals surface area contributed by atoms with Gasteiger partial charge in [-0.3, -0.25) is 19.2 Å². The minimum atomic E-state index is -3.55. The van der Waals surface area contributed by atoms with E-state index in [9.17, 15) is 49.8 Å². The SMILES string of the molecule is CC(=O)C(O)[C@](C)(O)[C@](O)(C(C)=O)[C@](C)(O)[C@@](O)(C(C)=O)C(O)C(C)=O. The lowest BCUT2D eigenvalue weighted by Gasteiger charge is -2.54. The molecule has 0 saturated heterocycles. The number of rotatable bonds is 9. The molecule has 0 aromatic rings. The quantitative estimate of drug-likeness (QED) is 0.241. The van der Waals surface area contributed by atoms with E-state index < -0.39 is 57.7 Å². The fourth-order valence-electron chi connectivity index (χ4n) is 3.16. The number of carbonyl (C=O) groups is 4. The van der Waals surface area contributed by atoms with Crippen LogP contribution >= 0.6 is 0 Å². The molecule has 0 amide bonds. The van der Waals surface area contributed by atoms with Crippen molar-refractivity contribution in [3.05, 3.63) is 0 Å². The van der Waals surface area contributed by atoms with Gasteiger partial charge in [-0.1, -0.05) is 0 Å². The summed E-state index contributed by atoms with van der Waals surface area (Å²) in [5.41, 5.74) is -13.5. The number of ketones is 4. The lowest BCUT2D eigenvalue weighted by atomic mass is 9.58. The fourth-order valence-corrected chi connectivity index (χ4v) is 3.16. The highest BCUT2D eigenvalue weighted by Crippen LogP contribution is 2.44. The smallest absolute Gasteiger partial charge is 0.187 e. The van der Waals surface area contributed by atoms with E-state index in [1.807, 2.05) is 0 Å². The van der Waals surface area contributed by atoms with Crippen molar-refractivity contribution in [2.24, 2.45) is 0 Å². The van der Waals surface area contributed by atoms with Crippen LogP contribution in [-0.4, -0.2) is 88.4 Å². The summed E-state index contributed by atoms with van der Waals surface area (Å²) in [7, 11) is 0. The topological polar surface area (TPSA) is 190 Å². The van der Waals surface area contributed by atoms with Gasteiger partial charge in [0.05, 0.1) is 0 Å². The molecule has 0 rings (SSSR count). The molecule has 0 aromatic heterocycles. The molecule has 6 N–H and O–H groups in total. The molecule has 150 valence electrons. The predicted octanol–water partition coefficient (Wildman–Crippen LogP) is -2.97. The maximum absolute atomic E-state index is 12.2. The van der Waals surface area contributed by atoms with Crippen LogP contribution in [0.1, 0.15) is 41.5 Å². The molecule has 2 unspecified atom stereocenters. The Labute approximate surface area is 150 Å². The Balaban J connectivity index is 6.98. The van der Waals surface area contributed by atoms with Gasteiger partial charge in [0, 0.05) is 0 Å². The van der Waals surface area contributed by atoms with Gasteiger partial charge in [0.2, 0.25) is 0 Å². The minimum absolute atomic E-state index is 0.517. The standard InChI is InChI=1S/C16H26O10/c1-7(17)11(21)13(5,23)16(26,10(4)20)14(6,24)15(25,9(3)19)12(22)8(2)18/h11-12,21-26H,1-6H3/t11?,12?,13-,14+,15+,16+/m0/s1. The van der Waals surface area contributed by atoms with Crippen LogP contribution in [0, 0.1) is 0 Å². The molecule has 0 aliphatic carbocycles. The van der Waals surface area contributed by atoms with Gasteiger partial charge in [-0.2, -0.15) is 0 Å². The van der Waals surface area contributed by atoms with E-state index in [2.05, 4.69) is 0 Å². The maximum Gasteiger partial charge on any atom is 0.187 e. The second-order valence-electron chi connectivity index (χ2n) is 6.84. The molecule has 0 fully saturated rings. The molecule has 0 heterocycles. The van der Waals surface area contributed by atoms with Gasteiger partial charge in [-0.05, 0) is 41.5 Å². The number of aliphatic hydroxyl groups is 6. The zero-order valence-corrected chi connectivity index (χ0v) is 15.5. The van der Waals surface area contributed by atoms with Crippen molar-refractivity contribution in [3.8, 4) is 0 Å². The van der Waals surface area contributed by atoms with E-state index >= 15 is 0 Å². The largest absolute Gasteiger partial charge is 0.383 e. The number of Topliss-reactive ketones (excluding diaryl/α,β-unsaturated/α-hetero) is 4. The molecule has 0 bridgehead atoms. The summed E-state index contributed by atoms with van der Waals surface area (Å²) in [4.78, 5) is 47.2. The number of hydrogen-bond acceptors (Lipinski definition) is 10. The first-order valence-electron chi connectivity index (χ1n) is 7.63. The average Bonchev–Trinajstić information content (AvgIpc) is 2.49. The normalized spacial score (nSPS) is 23.4. The molecule has 0 saturated carbocycles. The summed E-state index contributed by atoms with van der Waals surface area (Å²) in [5, 5.41) is 62.9. The highest BCUT2D eigenvalue weighted by Gasteiger charge is 2.73. The van der Waals surface area contributed by atoms with Crippen molar-refractivity contribution in [2.45, 2.75) is 76.2 Å². The van der Waals surface area contributed by atoms with E-state index in [1.165, 1.54) is 0 Å². The Kier molecular flexibility index (Phi) is 6.78. The van der Waals surface area contributed by atoms with Crippen molar-refractivity contribution in [1.82, 2.24) is 0 Å². The van der Waals surface area contributed by atoms with Gasteiger partial charge >= 0.3 is 0 Å². The van der Waals surface area contributed by atoms with E-state index in [-0.39, 0.29) is 0 Å². The maximum atomic E-state index is 12.2. The van der Waals surface area contributed by atoms with E-state index in [1.54, 1.807) is 0 Å². The Morgan fingerprint density at radius 2 is 1.04 bits per heavy atom. The van der Waals surface area contributed by atoms with Gasteiger partial charge in [-0.25, -0.2) is 0 Å². The minimum Gasteiger partial charge on any atom is -0.383 e. The summed E-state index contributed by atoms with van der Waals surface area (Å²) >= 11 is 0. The molecule has 0 radical (unpaired) electrons. The number of carbonyl (C=O) groups excluding carboxylic acids is 4. The van der Waals surface area contributed by atoms with Gasteiger partial charge in [0.1, 0.15) is 17.3 Å². The van der Waals surface area contributed by atoms with E-state index in [4.69, 9.17) is 0 Å². The molecule has 10 nitrogen and oxygen atoms in total. The van der Waals surface area contributed by atoms with Gasteiger partial charge < -0.3 is 30.6 Å². The van der Waals surface area contributed by atoms with Crippen LogP contribution in [0.2, 0.25) is 0 Å². The van der Waals surface area contributed by atoms with Gasteiger partial charge in [-0.15, -0.1) is 0 Å². The first kappa shape index (κ1) is 24.4. The van der Waals surface area contributed by atoms with Crippen LogP contribution in [0.15, 0.2) is 0 Å². The van der Waals surface area contributed by atoms with Crippen molar-refractivity contribution < 1.29 is 49.8 Å². The highest BCUT2D eigenvalue weighted by atomic mass is 16.4. The molecule has 0 spiro atoms. The van der Waals surface area contributed by atoms with Crippen LogP contribution in [0.5, 0.6) is 0 Å². The molecular formula is C16H26O10. The number of hydrogen-bond donors (Lipinski definition) is 6. The van der Waals surface area contributed by atoms with Crippen LogP contribution in [0.25, 0.3) is 0 Å². The van der Waals surface area contributed by atoms with Crippen molar-refractivity contribution >= 4 is 23.1 Å². The van der Waals surface area contributed by atoms with Crippen LogP contribution in [-0.2, 0) is 19.2 Å². The summed E-state index contributed by atoms with van der Waals surface area (Å²) in [6, 6.07) is 0. The summed E-state index contributed by atoms with van der Waals surface area (Å²) < 4.78 is 0. The zero-order valence-electron chi connectivity index (χ0n) is 15.5. The van der Waals surface area contributed by atoms with Crippen molar-refractivity contribution in [3.63, 3.8) is 0 Å². The van der Waals surface area contributed by atoms with Crippen LogP contribution in [0.4, 0.5) is 0 Å². The lowest BCUT2D eigenvalue weighted by Crippen LogP contribution is -2.83. The predicted molar refractivity (Wildman–Crippen MR) is 85.9 cm³/mol. The molecular weight excluding hydrogens is 352 g/mol. The zero-order chi connectivity index (χ0) is 21.5. The molecule has 0 aliphatic rings. The Morgan fingerprint density at radius 1 is 0.692 bits per heavy atom. The van der Waals surface area contributed by atoms with Crippen molar-refractivity contribution in [2.75, 3.05) is 0 Å². The van der Waals surface area contributed by atoms with E-state index in [0.29, 0.717) is 27.7 Å². The second kappa shape index (κ2) is 7.22. The summed E-state index contributed by atoms with van der Waals surface area (Å²) in [6.07, 6.45) is -5.01. The summed E-state index contributed by atoms with van der Waals surface area (Å²) in [6.45, 7) is 4.03. The lowest BCUT2D eigenvalue weighted by molar-refractivity contribution is -0.294. The second-order valence-corrected chi connectivity index (χ2v) is 6.84. The third kappa shape index (κ3) is 3.13. The highest BCUT2D eigenvalue weighted by molar-refractivity contribution is 5.98. The Bertz CT molecular complexity index is 623. The van der Waals surface area contributed by atoms with Gasteiger partial charge in [0.15, 0.2) is 40.4 Å². The summed E-state index contributed by atoms with van der Waals surface area (Å²) in [5.74, 6) is -5.18. The third-order valence-electron chi connectivity index (χ3n) is 4.92. The van der Waals surface area contributed by atoms with Crippen molar-refractivity contribution in [1.29, 1.82) is 0 Å². The molecule has 26 heavy (non-hydrogen) atoms. The molecule has 10 heteroatoms. The monoisotopic (exact) mass is 378 g/mol. The first-order valence-corrected chi connectivity index (χ1v) is 7.63. The average molecular weight is 378 g/mol. The Hall–Kier alpha value is -1.56. The number of aliphatic hydroxyl groups excluding tert-OH is 2. The molecule has 0 aliphatic heterocycles. The van der Waals surface area contributed by atoms with Crippen LogP contribution in [0.3, 0.4) is 0 Å².